The summed E-state index contributed by atoms with van der Waals surface area (Å²) in [6, 6.07) is 22.2. The largest absolute Gasteiger partial charge is 0.372 e. The number of hydrogen-bond acceptors (Lipinski definition) is 2. The van der Waals surface area contributed by atoms with Gasteiger partial charge in [0.2, 0.25) is 0 Å². The van der Waals surface area contributed by atoms with Gasteiger partial charge in [-0.05, 0) is 99.2 Å². The first-order chi connectivity index (χ1) is 16.5. The monoisotopic (exact) mass is 452 g/mol. The lowest BCUT2D eigenvalue weighted by atomic mass is 10.0. The highest BCUT2D eigenvalue weighted by Gasteiger charge is 2.04. The molecular formula is C32H40N2. The number of aryl methyl sites for hydroxylation is 2. The Morgan fingerprint density at radius 3 is 1.15 bits per heavy atom. The molecule has 0 aromatic heterocycles. The molecule has 3 rings (SSSR count). The van der Waals surface area contributed by atoms with Gasteiger partial charge in [0.25, 0.3) is 0 Å². The van der Waals surface area contributed by atoms with Crippen molar-refractivity contribution in [2.45, 2.75) is 41.5 Å². The highest BCUT2D eigenvalue weighted by Crippen LogP contribution is 2.22. The maximum Gasteiger partial charge on any atom is 0.0369 e. The van der Waals surface area contributed by atoms with Crippen molar-refractivity contribution < 1.29 is 0 Å². The van der Waals surface area contributed by atoms with E-state index >= 15 is 0 Å². The van der Waals surface area contributed by atoms with Crippen molar-refractivity contribution in [3.63, 3.8) is 0 Å². The van der Waals surface area contributed by atoms with Crippen LogP contribution in [0.2, 0.25) is 0 Å². The minimum atomic E-state index is 1.03. The fourth-order valence-corrected chi connectivity index (χ4v) is 4.35. The van der Waals surface area contributed by atoms with Gasteiger partial charge in [-0.25, -0.2) is 0 Å². The molecule has 34 heavy (non-hydrogen) atoms. The second kappa shape index (κ2) is 12.3. The Morgan fingerprint density at radius 2 is 0.853 bits per heavy atom. The molecule has 0 saturated heterocycles. The summed E-state index contributed by atoms with van der Waals surface area (Å²) >= 11 is 0. The summed E-state index contributed by atoms with van der Waals surface area (Å²) in [5, 5.41) is 0. The van der Waals surface area contributed by atoms with Crippen LogP contribution in [0.15, 0.2) is 60.7 Å². The van der Waals surface area contributed by atoms with E-state index in [-0.39, 0.29) is 0 Å². The van der Waals surface area contributed by atoms with Crippen LogP contribution in [0.3, 0.4) is 0 Å². The molecule has 178 valence electrons. The molecule has 0 aliphatic heterocycles. The third kappa shape index (κ3) is 6.41. The topological polar surface area (TPSA) is 6.48 Å². The predicted octanol–water partition coefficient (Wildman–Crippen LogP) is 8.34. The summed E-state index contributed by atoms with van der Waals surface area (Å²) in [6.07, 6.45) is 8.83. The lowest BCUT2D eigenvalue weighted by molar-refractivity contribution is 0.865. The van der Waals surface area contributed by atoms with Crippen LogP contribution >= 0.6 is 0 Å². The van der Waals surface area contributed by atoms with Crippen LogP contribution in [0, 0.1) is 13.8 Å². The van der Waals surface area contributed by atoms with Gasteiger partial charge in [0, 0.05) is 37.6 Å². The van der Waals surface area contributed by atoms with Crippen LogP contribution in [0.25, 0.3) is 24.3 Å². The summed E-state index contributed by atoms with van der Waals surface area (Å²) in [6.45, 7) is 17.3. The van der Waals surface area contributed by atoms with Crippen LogP contribution in [0.1, 0.15) is 61.1 Å². The molecule has 3 aromatic carbocycles. The van der Waals surface area contributed by atoms with Crippen molar-refractivity contribution in [3.8, 4) is 0 Å². The van der Waals surface area contributed by atoms with Gasteiger partial charge in [-0.15, -0.1) is 0 Å². The second-order valence-electron chi connectivity index (χ2n) is 8.76. The highest BCUT2D eigenvalue weighted by atomic mass is 15.1. The molecule has 0 aliphatic rings. The molecule has 0 fully saturated rings. The van der Waals surface area contributed by atoms with Gasteiger partial charge in [-0.2, -0.15) is 0 Å². The third-order valence-corrected chi connectivity index (χ3v) is 6.61. The van der Waals surface area contributed by atoms with Crippen molar-refractivity contribution in [1.29, 1.82) is 0 Å². The Labute approximate surface area is 207 Å². The summed E-state index contributed by atoms with van der Waals surface area (Å²) in [5.41, 5.74) is 10.2. The van der Waals surface area contributed by atoms with Gasteiger partial charge in [0.05, 0.1) is 0 Å². The van der Waals surface area contributed by atoms with Gasteiger partial charge >= 0.3 is 0 Å². The first-order valence-corrected chi connectivity index (χ1v) is 12.7. The van der Waals surface area contributed by atoms with E-state index in [9.17, 15) is 0 Å². The second-order valence-corrected chi connectivity index (χ2v) is 8.76. The Morgan fingerprint density at radius 1 is 0.500 bits per heavy atom. The van der Waals surface area contributed by atoms with Crippen LogP contribution in [0.4, 0.5) is 11.4 Å². The average molecular weight is 453 g/mol. The van der Waals surface area contributed by atoms with Gasteiger partial charge in [0.1, 0.15) is 0 Å². The van der Waals surface area contributed by atoms with E-state index in [0.29, 0.717) is 0 Å². The molecule has 0 bridgehead atoms. The third-order valence-electron chi connectivity index (χ3n) is 6.61. The minimum Gasteiger partial charge on any atom is -0.372 e. The molecule has 0 amide bonds. The average Bonchev–Trinajstić information content (AvgIpc) is 2.85. The summed E-state index contributed by atoms with van der Waals surface area (Å²) in [4.78, 5) is 4.77. The molecule has 0 saturated carbocycles. The van der Waals surface area contributed by atoms with Gasteiger partial charge in [0.15, 0.2) is 0 Å². The quantitative estimate of drug-likeness (QED) is 0.285. The van der Waals surface area contributed by atoms with Gasteiger partial charge in [-0.3, -0.25) is 0 Å². The maximum absolute atomic E-state index is 2.38. The Balaban J connectivity index is 1.67. The van der Waals surface area contributed by atoms with Crippen LogP contribution in [0.5, 0.6) is 0 Å². The van der Waals surface area contributed by atoms with E-state index < -0.39 is 0 Å². The zero-order valence-electron chi connectivity index (χ0n) is 21.8. The lowest BCUT2D eigenvalue weighted by Gasteiger charge is -2.21. The maximum atomic E-state index is 2.38. The number of anilines is 2. The summed E-state index contributed by atoms with van der Waals surface area (Å²) < 4.78 is 0. The molecule has 2 heteroatoms. The van der Waals surface area contributed by atoms with Crippen molar-refractivity contribution in [1.82, 2.24) is 0 Å². The SMILES string of the molecule is CCN(CC)c1ccc(C=Cc2ccc(C=Cc3ccc(N(CC)CC)cc3C)cc2)c(C)c1. The summed E-state index contributed by atoms with van der Waals surface area (Å²) in [5.74, 6) is 0. The van der Waals surface area contributed by atoms with Crippen LogP contribution < -0.4 is 9.80 Å². The van der Waals surface area contributed by atoms with Gasteiger partial charge in [-0.1, -0.05) is 60.7 Å². The zero-order chi connectivity index (χ0) is 24.5. The molecule has 0 aliphatic carbocycles. The number of benzene rings is 3. The van der Waals surface area contributed by atoms with E-state index in [1.807, 2.05) is 0 Å². The molecule has 0 spiro atoms. The zero-order valence-corrected chi connectivity index (χ0v) is 21.8. The Bertz CT molecular complexity index is 1020. The van der Waals surface area contributed by atoms with E-state index in [2.05, 4.69) is 136 Å². The number of rotatable bonds is 10. The standard InChI is InChI=1S/C32H40N2/c1-7-33(8-2)31-21-19-29(25(5)23-31)17-15-27-11-13-28(14-12-27)16-18-30-20-22-32(24-26(30)6)34(9-3)10-4/h11-24H,7-10H2,1-6H3. The molecule has 0 unspecified atom stereocenters. The highest BCUT2D eigenvalue weighted by molar-refractivity contribution is 5.75. The lowest BCUT2D eigenvalue weighted by Crippen LogP contribution is -2.21. The minimum absolute atomic E-state index is 1.03. The van der Waals surface area contributed by atoms with Crippen molar-refractivity contribution >= 4 is 35.7 Å². The smallest absolute Gasteiger partial charge is 0.0369 e. The molecule has 3 aromatic rings. The normalized spacial score (nSPS) is 11.5. The number of nitrogens with zero attached hydrogens (tertiary/aromatic N) is 2. The van der Waals surface area contributed by atoms with E-state index in [1.165, 1.54) is 44.8 Å². The summed E-state index contributed by atoms with van der Waals surface area (Å²) in [7, 11) is 0. The first-order valence-electron chi connectivity index (χ1n) is 12.7. The predicted molar refractivity (Wildman–Crippen MR) is 154 cm³/mol. The van der Waals surface area contributed by atoms with E-state index in [1.54, 1.807) is 0 Å². The van der Waals surface area contributed by atoms with Crippen molar-refractivity contribution in [2.24, 2.45) is 0 Å². The van der Waals surface area contributed by atoms with Crippen molar-refractivity contribution in [3.05, 3.63) is 94.0 Å². The Kier molecular flexibility index (Phi) is 9.16. The van der Waals surface area contributed by atoms with Gasteiger partial charge < -0.3 is 9.80 Å². The van der Waals surface area contributed by atoms with E-state index in [0.717, 1.165) is 26.2 Å². The van der Waals surface area contributed by atoms with Crippen molar-refractivity contribution in [2.75, 3.05) is 36.0 Å². The molecule has 2 nitrogen and oxygen atoms in total. The fourth-order valence-electron chi connectivity index (χ4n) is 4.35. The Hall–Kier alpha value is -3.26. The first kappa shape index (κ1) is 25.4. The molecule has 0 atom stereocenters. The number of hydrogen-bond donors (Lipinski definition) is 0. The van der Waals surface area contributed by atoms with Crippen LogP contribution in [-0.2, 0) is 0 Å². The van der Waals surface area contributed by atoms with Crippen LogP contribution in [-0.4, -0.2) is 26.2 Å². The molecule has 0 N–H and O–H groups in total. The molecule has 0 radical (unpaired) electrons. The van der Waals surface area contributed by atoms with E-state index in [4.69, 9.17) is 0 Å². The molecular weight excluding hydrogens is 412 g/mol. The molecule has 0 heterocycles. The fraction of sp³-hybridized carbons (Fsp3) is 0.312.